The van der Waals surface area contributed by atoms with Gasteiger partial charge in [-0.05, 0) is 66.6 Å². The van der Waals surface area contributed by atoms with Crippen molar-refractivity contribution in [2.24, 2.45) is 0 Å². The Morgan fingerprint density at radius 2 is 1.84 bits per heavy atom. The molecule has 2 amide bonds. The predicted molar refractivity (Wildman–Crippen MR) is 139 cm³/mol. The Morgan fingerprint density at radius 3 is 2.41 bits per heavy atom. The minimum Gasteiger partial charge on any atom is -0.497 e. The lowest BCUT2D eigenvalue weighted by atomic mass is 10.0. The van der Waals surface area contributed by atoms with Crippen molar-refractivity contribution < 1.29 is 28.0 Å². The largest absolute Gasteiger partial charge is 0.497 e. The molecule has 0 spiro atoms. The van der Waals surface area contributed by atoms with Crippen molar-refractivity contribution in [1.29, 1.82) is 0 Å². The topological polar surface area (TPSA) is 138 Å². The minimum absolute atomic E-state index is 0.0155. The number of amides is 2. The SMILES string of the molecule is COc1ccc(S(=O)(=O)C(Nc2c(C)cc(/C=C/C(=O)N(C)C)cc2C(=O)NO)c2cccnc2)cc1. The van der Waals surface area contributed by atoms with Gasteiger partial charge in [0.15, 0.2) is 5.37 Å². The summed E-state index contributed by atoms with van der Waals surface area (Å²) in [7, 11) is 0.649. The molecule has 1 unspecified atom stereocenters. The van der Waals surface area contributed by atoms with E-state index < -0.39 is 21.1 Å². The van der Waals surface area contributed by atoms with Crippen molar-refractivity contribution in [1.82, 2.24) is 15.4 Å². The van der Waals surface area contributed by atoms with Gasteiger partial charge in [-0.3, -0.25) is 19.8 Å². The fourth-order valence-corrected chi connectivity index (χ4v) is 5.12. The molecule has 1 aromatic heterocycles. The van der Waals surface area contributed by atoms with Crippen LogP contribution in [0, 0.1) is 6.92 Å². The summed E-state index contributed by atoms with van der Waals surface area (Å²) in [6, 6.07) is 12.3. The van der Waals surface area contributed by atoms with Crippen molar-refractivity contribution in [3.05, 3.63) is 89.3 Å². The number of pyridine rings is 1. The Bertz CT molecular complexity index is 1400. The first-order valence-corrected chi connectivity index (χ1v) is 12.7. The average molecular weight is 525 g/mol. The van der Waals surface area contributed by atoms with Crippen molar-refractivity contribution in [3.8, 4) is 5.75 Å². The Hall–Kier alpha value is -4.22. The first-order valence-electron chi connectivity index (χ1n) is 11.1. The molecule has 37 heavy (non-hydrogen) atoms. The molecule has 0 aliphatic carbocycles. The van der Waals surface area contributed by atoms with Crippen molar-refractivity contribution in [2.75, 3.05) is 26.5 Å². The van der Waals surface area contributed by atoms with E-state index in [0.717, 1.165) is 0 Å². The molecule has 0 radical (unpaired) electrons. The second-order valence-electron chi connectivity index (χ2n) is 8.30. The van der Waals surface area contributed by atoms with Crippen LogP contribution in [0.4, 0.5) is 5.69 Å². The maximum atomic E-state index is 13.8. The lowest BCUT2D eigenvalue weighted by Gasteiger charge is -2.24. The zero-order chi connectivity index (χ0) is 27.2. The van der Waals surface area contributed by atoms with Crippen LogP contribution >= 0.6 is 0 Å². The number of carbonyl (C=O) groups excluding carboxylic acids is 2. The van der Waals surface area contributed by atoms with Gasteiger partial charge in [0.05, 0.1) is 23.3 Å². The highest BCUT2D eigenvalue weighted by molar-refractivity contribution is 7.91. The van der Waals surface area contributed by atoms with E-state index in [0.29, 0.717) is 22.4 Å². The number of aryl methyl sites for hydroxylation is 1. The summed E-state index contributed by atoms with van der Waals surface area (Å²) in [5.74, 6) is -0.610. The second kappa shape index (κ2) is 11.7. The number of aromatic nitrogens is 1. The number of hydroxylamine groups is 1. The maximum Gasteiger partial charge on any atom is 0.276 e. The zero-order valence-corrected chi connectivity index (χ0v) is 21.6. The molecule has 2 aromatic carbocycles. The number of methoxy groups -OCH3 is 1. The molecule has 0 saturated carbocycles. The molecule has 0 bridgehead atoms. The summed E-state index contributed by atoms with van der Waals surface area (Å²) in [5, 5.41) is 11.0. The minimum atomic E-state index is -4.05. The number of ether oxygens (including phenoxy) is 1. The molecule has 3 aromatic rings. The number of sulfone groups is 1. The number of hydrogen-bond donors (Lipinski definition) is 3. The number of nitrogens with zero attached hydrogens (tertiary/aromatic N) is 2. The molecular formula is C26H28N4O6S. The van der Waals surface area contributed by atoms with Crippen LogP contribution in [-0.2, 0) is 14.6 Å². The number of nitrogens with one attached hydrogen (secondary N) is 2. The van der Waals surface area contributed by atoms with Crippen LogP contribution in [0.3, 0.4) is 0 Å². The van der Waals surface area contributed by atoms with Crippen LogP contribution in [0.2, 0.25) is 0 Å². The fraction of sp³-hybridized carbons (Fsp3) is 0.192. The summed E-state index contributed by atoms with van der Waals surface area (Å²) in [4.78, 5) is 30.1. The van der Waals surface area contributed by atoms with E-state index in [1.54, 1.807) is 56.8 Å². The molecular weight excluding hydrogens is 496 g/mol. The summed E-state index contributed by atoms with van der Waals surface area (Å²) >= 11 is 0. The molecule has 0 saturated heterocycles. The monoisotopic (exact) mass is 524 g/mol. The van der Waals surface area contributed by atoms with Gasteiger partial charge in [0.2, 0.25) is 15.7 Å². The van der Waals surface area contributed by atoms with E-state index in [-0.39, 0.29) is 22.1 Å². The van der Waals surface area contributed by atoms with Crippen LogP contribution in [0.5, 0.6) is 5.75 Å². The third-order valence-electron chi connectivity index (χ3n) is 5.52. The van der Waals surface area contributed by atoms with Gasteiger partial charge in [-0.2, -0.15) is 0 Å². The molecule has 3 N–H and O–H groups in total. The Balaban J connectivity index is 2.13. The highest BCUT2D eigenvalue weighted by Crippen LogP contribution is 2.34. The highest BCUT2D eigenvalue weighted by Gasteiger charge is 2.31. The molecule has 0 aliphatic heterocycles. The molecule has 194 valence electrons. The van der Waals surface area contributed by atoms with Crippen LogP contribution in [0.1, 0.15) is 32.4 Å². The van der Waals surface area contributed by atoms with Gasteiger partial charge >= 0.3 is 0 Å². The molecule has 1 atom stereocenters. The molecule has 10 nitrogen and oxygen atoms in total. The molecule has 3 rings (SSSR count). The molecule has 11 heteroatoms. The molecule has 1 heterocycles. The number of benzene rings is 2. The van der Waals surface area contributed by atoms with E-state index in [9.17, 15) is 23.2 Å². The highest BCUT2D eigenvalue weighted by atomic mass is 32.2. The van der Waals surface area contributed by atoms with Crippen molar-refractivity contribution in [2.45, 2.75) is 17.2 Å². The van der Waals surface area contributed by atoms with Crippen LogP contribution in [-0.4, -0.2) is 56.5 Å². The first-order chi connectivity index (χ1) is 17.6. The lowest BCUT2D eigenvalue weighted by Crippen LogP contribution is -2.26. The lowest BCUT2D eigenvalue weighted by molar-refractivity contribution is -0.123. The third kappa shape index (κ3) is 6.32. The smallest absolute Gasteiger partial charge is 0.276 e. The Kier molecular flexibility index (Phi) is 8.64. The zero-order valence-electron chi connectivity index (χ0n) is 20.8. The predicted octanol–water partition coefficient (Wildman–Crippen LogP) is 3.20. The van der Waals surface area contributed by atoms with Crippen LogP contribution in [0.25, 0.3) is 6.08 Å². The number of likely N-dealkylation sites (N-methyl/N-ethyl adjacent to an activating group) is 1. The third-order valence-corrected chi connectivity index (χ3v) is 7.46. The van der Waals surface area contributed by atoms with Crippen LogP contribution in [0.15, 0.2) is 71.9 Å². The van der Waals surface area contributed by atoms with Gasteiger partial charge in [-0.15, -0.1) is 0 Å². The summed E-state index contributed by atoms with van der Waals surface area (Å²) in [5.41, 5.74) is 3.13. The van der Waals surface area contributed by atoms with Gasteiger partial charge < -0.3 is 15.0 Å². The molecule has 0 fully saturated rings. The number of hydrogen-bond acceptors (Lipinski definition) is 8. The number of rotatable bonds is 9. The number of carbonyl (C=O) groups is 2. The van der Waals surface area contributed by atoms with Gasteiger partial charge in [0, 0.05) is 38.1 Å². The van der Waals surface area contributed by atoms with Gasteiger partial charge in [0.25, 0.3) is 5.91 Å². The second-order valence-corrected chi connectivity index (χ2v) is 10.3. The summed E-state index contributed by atoms with van der Waals surface area (Å²) in [6.07, 6.45) is 5.81. The number of anilines is 1. The fourth-order valence-electron chi connectivity index (χ4n) is 3.56. The first kappa shape index (κ1) is 27.4. The van der Waals surface area contributed by atoms with E-state index in [1.165, 1.54) is 54.8 Å². The van der Waals surface area contributed by atoms with Crippen LogP contribution < -0.4 is 15.5 Å². The summed E-state index contributed by atoms with van der Waals surface area (Å²) < 4.78 is 32.7. The quantitative estimate of drug-likeness (QED) is 0.220. The maximum absolute atomic E-state index is 13.8. The standard InChI is InChI=1S/C26H28N4O6S/c1-17-14-18(7-12-23(31)30(2)3)15-22(25(32)29-33)24(17)28-26(19-6-5-13-27-16-19)37(34,35)21-10-8-20(36-4)9-11-21/h5-16,26,28,33H,1-4H3,(H,29,32)/b12-7+. The molecule has 0 aliphatic rings. The van der Waals surface area contributed by atoms with E-state index in [1.807, 2.05) is 0 Å². The van der Waals surface area contributed by atoms with E-state index in [4.69, 9.17) is 4.74 Å². The van der Waals surface area contributed by atoms with Crippen molar-refractivity contribution >= 4 is 33.4 Å². The normalized spacial score (nSPS) is 12.1. The van der Waals surface area contributed by atoms with Gasteiger partial charge in [-0.25, -0.2) is 13.9 Å². The van der Waals surface area contributed by atoms with E-state index >= 15 is 0 Å². The Labute approximate surface area is 215 Å². The van der Waals surface area contributed by atoms with E-state index in [2.05, 4.69) is 10.3 Å². The Morgan fingerprint density at radius 1 is 1.14 bits per heavy atom. The van der Waals surface area contributed by atoms with Gasteiger partial charge in [-0.1, -0.05) is 6.07 Å². The average Bonchev–Trinajstić information content (AvgIpc) is 2.90. The van der Waals surface area contributed by atoms with Gasteiger partial charge in [0.1, 0.15) is 5.75 Å². The summed E-state index contributed by atoms with van der Waals surface area (Å²) in [6.45, 7) is 1.68. The van der Waals surface area contributed by atoms with Crippen molar-refractivity contribution in [3.63, 3.8) is 0 Å².